The largest absolute Gasteiger partial charge is 0.337 e. The summed E-state index contributed by atoms with van der Waals surface area (Å²) in [4.78, 5) is 7.81. The lowest BCUT2D eigenvalue weighted by atomic mass is 9.99. The number of fused-ring (bicyclic) bond motifs is 1. The summed E-state index contributed by atoms with van der Waals surface area (Å²) >= 11 is 0. The molecule has 22 heavy (non-hydrogen) atoms. The van der Waals surface area contributed by atoms with Gasteiger partial charge in [-0.05, 0) is 55.9 Å². The molecular formula is C18H26N4. The van der Waals surface area contributed by atoms with Gasteiger partial charge in [0.2, 0.25) is 0 Å². The molecule has 1 aromatic heterocycles. The van der Waals surface area contributed by atoms with Crippen molar-refractivity contribution in [3.63, 3.8) is 0 Å². The summed E-state index contributed by atoms with van der Waals surface area (Å²) in [6.07, 6.45) is 3.90. The molecule has 0 amide bonds. The van der Waals surface area contributed by atoms with Crippen molar-refractivity contribution in [1.29, 1.82) is 0 Å². The highest BCUT2D eigenvalue weighted by Gasteiger charge is 2.04. The Labute approximate surface area is 132 Å². The average molecular weight is 298 g/mol. The van der Waals surface area contributed by atoms with Crippen LogP contribution in [-0.4, -0.2) is 16.2 Å². The van der Waals surface area contributed by atoms with Crippen LogP contribution < -0.4 is 5.43 Å². The molecule has 118 valence electrons. The van der Waals surface area contributed by atoms with Crippen molar-refractivity contribution in [1.82, 2.24) is 15.4 Å². The lowest BCUT2D eigenvalue weighted by Crippen LogP contribution is -2.09. The van der Waals surface area contributed by atoms with Crippen LogP contribution in [0.25, 0.3) is 11.0 Å². The van der Waals surface area contributed by atoms with E-state index in [4.69, 9.17) is 0 Å². The zero-order valence-electron chi connectivity index (χ0n) is 14.2. The summed E-state index contributed by atoms with van der Waals surface area (Å²) in [6, 6.07) is 6.31. The maximum atomic E-state index is 4.52. The molecule has 0 saturated carbocycles. The molecule has 2 aromatic rings. The summed E-state index contributed by atoms with van der Waals surface area (Å²) in [5.74, 6) is 1.34. The highest BCUT2D eigenvalue weighted by Crippen LogP contribution is 2.16. The quantitative estimate of drug-likeness (QED) is 0.614. The number of hydrogen-bond donors (Lipinski definition) is 2. The zero-order chi connectivity index (χ0) is 16.1. The van der Waals surface area contributed by atoms with Gasteiger partial charge in [0.25, 0.3) is 0 Å². The maximum Gasteiger partial charge on any atom is 0.151 e. The van der Waals surface area contributed by atoms with Crippen LogP contribution in [0.3, 0.4) is 0 Å². The highest BCUT2D eigenvalue weighted by atomic mass is 15.3. The third kappa shape index (κ3) is 3.75. The molecule has 2 N–H and O–H groups in total. The smallest absolute Gasteiger partial charge is 0.151 e. The monoisotopic (exact) mass is 298 g/mol. The molecule has 0 aliphatic heterocycles. The summed E-state index contributed by atoms with van der Waals surface area (Å²) in [7, 11) is 0. The highest BCUT2D eigenvalue weighted by molar-refractivity contribution is 5.84. The number of benzene rings is 1. The van der Waals surface area contributed by atoms with Crippen LogP contribution in [0, 0.1) is 5.92 Å². The van der Waals surface area contributed by atoms with Gasteiger partial charge in [-0.2, -0.15) is 5.10 Å². The lowest BCUT2D eigenvalue weighted by molar-refractivity contribution is 0.636. The molecule has 2 rings (SSSR count). The standard InChI is InChI=1S/C18H26N4/c1-6-12(3)13(4)14(5)22-19-11-18-20-16-9-8-15(7-2)10-17(16)21-18/h8-12,22H,6-7H2,1-5H3,(H,20,21)/b14-13+,19-11+. The average Bonchev–Trinajstić information content (AvgIpc) is 2.94. The minimum Gasteiger partial charge on any atom is -0.337 e. The number of allylic oxidation sites excluding steroid dienone is 2. The summed E-state index contributed by atoms with van der Waals surface area (Å²) in [5, 5.41) is 4.29. The van der Waals surface area contributed by atoms with Gasteiger partial charge in [-0.1, -0.05) is 26.8 Å². The van der Waals surface area contributed by atoms with Crippen LogP contribution in [0.5, 0.6) is 0 Å². The molecule has 0 fully saturated rings. The second-order valence-corrected chi connectivity index (χ2v) is 5.81. The first-order valence-corrected chi connectivity index (χ1v) is 8.00. The number of aryl methyl sites for hydroxylation is 1. The normalized spacial score (nSPS) is 14.4. The van der Waals surface area contributed by atoms with E-state index in [1.165, 1.54) is 11.1 Å². The van der Waals surface area contributed by atoms with Crippen LogP contribution >= 0.6 is 0 Å². The summed E-state index contributed by atoms with van der Waals surface area (Å²) in [6.45, 7) is 10.8. The van der Waals surface area contributed by atoms with E-state index < -0.39 is 0 Å². The van der Waals surface area contributed by atoms with Gasteiger partial charge in [-0.15, -0.1) is 0 Å². The van der Waals surface area contributed by atoms with Gasteiger partial charge in [-0.3, -0.25) is 5.43 Å². The van der Waals surface area contributed by atoms with Crippen molar-refractivity contribution >= 4 is 17.2 Å². The number of hydrazone groups is 1. The van der Waals surface area contributed by atoms with Gasteiger partial charge >= 0.3 is 0 Å². The maximum absolute atomic E-state index is 4.52. The van der Waals surface area contributed by atoms with Crippen molar-refractivity contribution in [2.24, 2.45) is 11.0 Å². The Bertz CT molecular complexity index is 694. The topological polar surface area (TPSA) is 53.1 Å². The Hall–Kier alpha value is -2.10. The number of hydrogen-bond acceptors (Lipinski definition) is 3. The van der Waals surface area contributed by atoms with Crippen LogP contribution in [0.2, 0.25) is 0 Å². The van der Waals surface area contributed by atoms with Crippen LogP contribution in [0.15, 0.2) is 34.6 Å². The molecule has 0 saturated heterocycles. The van der Waals surface area contributed by atoms with Crippen molar-refractivity contribution in [2.75, 3.05) is 0 Å². The molecule has 1 atom stereocenters. The molecule has 0 spiro atoms. The predicted molar refractivity (Wildman–Crippen MR) is 94.0 cm³/mol. The molecule has 1 heterocycles. The van der Waals surface area contributed by atoms with Crippen LogP contribution in [0.1, 0.15) is 52.4 Å². The molecule has 0 aliphatic carbocycles. The molecule has 4 heteroatoms. The number of H-pyrrole nitrogens is 1. The Balaban J connectivity index is 2.10. The Kier molecular flexibility index (Phi) is 5.36. The second-order valence-electron chi connectivity index (χ2n) is 5.81. The Morgan fingerprint density at radius 2 is 2.14 bits per heavy atom. The number of nitrogens with zero attached hydrogens (tertiary/aromatic N) is 2. The van der Waals surface area contributed by atoms with Gasteiger partial charge in [0, 0.05) is 5.70 Å². The number of rotatable bonds is 6. The molecule has 0 radical (unpaired) electrons. The number of nitrogens with one attached hydrogen (secondary N) is 2. The van der Waals surface area contributed by atoms with Crippen LogP contribution in [0.4, 0.5) is 0 Å². The molecule has 0 bridgehead atoms. The van der Waals surface area contributed by atoms with Crippen molar-refractivity contribution < 1.29 is 0 Å². The fourth-order valence-corrected chi connectivity index (χ4v) is 2.31. The molecule has 1 aromatic carbocycles. The van der Waals surface area contributed by atoms with E-state index in [0.717, 1.165) is 35.4 Å². The SMILES string of the molecule is CCc1ccc2nc(/C=N/N/C(C)=C(\C)C(C)CC)[nH]c2c1. The Morgan fingerprint density at radius 3 is 2.82 bits per heavy atom. The fraction of sp³-hybridized carbons (Fsp3) is 0.444. The molecule has 0 aliphatic rings. The lowest BCUT2D eigenvalue weighted by Gasteiger charge is -2.12. The third-order valence-corrected chi connectivity index (χ3v) is 4.34. The fourth-order valence-electron chi connectivity index (χ4n) is 2.31. The van der Waals surface area contributed by atoms with Gasteiger partial charge in [0.1, 0.15) is 0 Å². The first kappa shape index (κ1) is 16.3. The zero-order valence-corrected chi connectivity index (χ0v) is 14.2. The van der Waals surface area contributed by atoms with Crippen molar-refractivity contribution in [3.05, 3.63) is 40.9 Å². The first-order chi connectivity index (χ1) is 10.5. The van der Waals surface area contributed by atoms with Gasteiger partial charge in [0.05, 0.1) is 17.2 Å². The summed E-state index contributed by atoms with van der Waals surface area (Å²) in [5.41, 5.74) is 8.89. The van der Waals surface area contributed by atoms with Gasteiger partial charge in [0.15, 0.2) is 5.82 Å². The van der Waals surface area contributed by atoms with E-state index in [-0.39, 0.29) is 0 Å². The molecule has 1 unspecified atom stereocenters. The predicted octanol–water partition coefficient (Wildman–Crippen LogP) is 4.39. The minimum absolute atomic E-state index is 0.571. The van der Waals surface area contributed by atoms with Gasteiger partial charge in [-0.25, -0.2) is 4.98 Å². The van der Waals surface area contributed by atoms with Gasteiger partial charge < -0.3 is 4.98 Å². The van der Waals surface area contributed by atoms with E-state index in [2.05, 4.69) is 67.2 Å². The number of aromatic nitrogens is 2. The van der Waals surface area contributed by atoms with Crippen LogP contribution in [-0.2, 0) is 6.42 Å². The van der Waals surface area contributed by atoms with Crippen molar-refractivity contribution in [3.8, 4) is 0 Å². The van der Waals surface area contributed by atoms with E-state index >= 15 is 0 Å². The number of aromatic amines is 1. The third-order valence-electron chi connectivity index (χ3n) is 4.34. The number of imidazole rings is 1. The minimum atomic E-state index is 0.571. The summed E-state index contributed by atoms with van der Waals surface area (Å²) < 4.78 is 0. The van der Waals surface area contributed by atoms with E-state index in [1.807, 2.05) is 6.07 Å². The van der Waals surface area contributed by atoms with E-state index in [1.54, 1.807) is 6.21 Å². The first-order valence-electron chi connectivity index (χ1n) is 8.00. The van der Waals surface area contributed by atoms with E-state index in [0.29, 0.717) is 5.92 Å². The Morgan fingerprint density at radius 1 is 1.36 bits per heavy atom. The van der Waals surface area contributed by atoms with E-state index in [9.17, 15) is 0 Å². The van der Waals surface area contributed by atoms with Crippen molar-refractivity contribution in [2.45, 2.75) is 47.5 Å². The molecular weight excluding hydrogens is 272 g/mol. The second kappa shape index (κ2) is 7.25. The molecule has 4 nitrogen and oxygen atoms in total.